The third-order valence-corrected chi connectivity index (χ3v) is 3.84. The average molecular weight is 344 g/mol. The number of ether oxygens (including phenoxy) is 1. The molecule has 1 saturated heterocycles. The summed E-state index contributed by atoms with van der Waals surface area (Å²) in [4.78, 5) is 24.3. The number of alkyl halides is 3. The summed E-state index contributed by atoms with van der Waals surface area (Å²) < 4.78 is 42.3. The number of amides is 2. The van der Waals surface area contributed by atoms with Gasteiger partial charge in [0.2, 0.25) is 11.8 Å². The number of benzene rings is 1. The molecule has 1 atom stereocenters. The van der Waals surface area contributed by atoms with E-state index < -0.39 is 30.5 Å². The highest BCUT2D eigenvalue weighted by Crippen LogP contribution is 2.24. The molecule has 1 aromatic carbocycles. The molecule has 0 radical (unpaired) electrons. The lowest BCUT2D eigenvalue weighted by Gasteiger charge is -2.18. The zero-order chi connectivity index (χ0) is 17.7. The Bertz CT molecular complexity index is 604. The molecule has 1 heterocycles. The molecule has 1 fully saturated rings. The molecule has 0 bridgehead atoms. The van der Waals surface area contributed by atoms with E-state index in [0.717, 1.165) is 5.56 Å². The van der Waals surface area contributed by atoms with E-state index in [-0.39, 0.29) is 13.0 Å². The largest absolute Gasteiger partial charge is 0.496 e. The van der Waals surface area contributed by atoms with Crippen LogP contribution >= 0.6 is 0 Å². The predicted molar refractivity (Wildman–Crippen MR) is 80.4 cm³/mol. The fraction of sp³-hybridized carbons (Fsp3) is 0.500. The molecule has 2 rings (SSSR count). The van der Waals surface area contributed by atoms with Crippen molar-refractivity contribution in [1.29, 1.82) is 0 Å². The standard InChI is InChI=1S/C16H19F3N2O3/c1-24-13-5-3-2-4-11(13)6-7-20-15(23)12-8-14(22)21(9-12)10-16(17,18)19/h2-5,12H,6-10H2,1H3,(H,20,23)/t12-/m1/s1. The molecular weight excluding hydrogens is 325 g/mol. The minimum atomic E-state index is -4.45. The first-order valence-electron chi connectivity index (χ1n) is 7.54. The van der Waals surface area contributed by atoms with Gasteiger partial charge < -0.3 is 15.0 Å². The molecule has 0 spiro atoms. The van der Waals surface area contributed by atoms with E-state index in [1.165, 1.54) is 0 Å². The van der Waals surface area contributed by atoms with Gasteiger partial charge in [-0.15, -0.1) is 0 Å². The number of nitrogens with one attached hydrogen (secondary N) is 1. The summed E-state index contributed by atoms with van der Waals surface area (Å²) in [6, 6.07) is 7.36. The summed E-state index contributed by atoms with van der Waals surface area (Å²) in [5.41, 5.74) is 0.918. The molecule has 2 amide bonds. The minimum Gasteiger partial charge on any atom is -0.496 e. The summed E-state index contributed by atoms with van der Waals surface area (Å²) in [5, 5.41) is 2.67. The Labute approximate surface area is 137 Å². The topological polar surface area (TPSA) is 58.6 Å². The van der Waals surface area contributed by atoms with Crippen molar-refractivity contribution < 1.29 is 27.5 Å². The molecule has 0 aliphatic carbocycles. The lowest BCUT2D eigenvalue weighted by molar-refractivity contribution is -0.157. The number of carbonyl (C=O) groups is 2. The highest BCUT2D eigenvalue weighted by atomic mass is 19.4. The monoisotopic (exact) mass is 344 g/mol. The van der Waals surface area contributed by atoms with Crippen LogP contribution in [0.3, 0.4) is 0 Å². The van der Waals surface area contributed by atoms with Crippen LogP contribution in [0.15, 0.2) is 24.3 Å². The highest BCUT2D eigenvalue weighted by Gasteiger charge is 2.40. The molecule has 1 N–H and O–H groups in total. The molecule has 1 aromatic rings. The summed E-state index contributed by atoms with van der Waals surface area (Å²) in [6.45, 7) is -1.18. The van der Waals surface area contributed by atoms with Gasteiger partial charge in [-0.2, -0.15) is 13.2 Å². The van der Waals surface area contributed by atoms with Gasteiger partial charge in [0, 0.05) is 19.5 Å². The van der Waals surface area contributed by atoms with Crippen molar-refractivity contribution in [3.05, 3.63) is 29.8 Å². The molecule has 5 nitrogen and oxygen atoms in total. The van der Waals surface area contributed by atoms with Gasteiger partial charge >= 0.3 is 6.18 Å². The maximum atomic E-state index is 12.4. The van der Waals surface area contributed by atoms with Crippen LogP contribution in [0, 0.1) is 5.92 Å². The van der Waals surface area contributed by atoms with Crippen LogP contribution in [0.5, 0.6) is 5.75 Å². The van der Waals surface area contributed by atoms with E-state index in [0.29, 0.717) is 23.6 Å². The van der Waals surface area contributed by atoms with Crippen LogP contribution < -0.4 is 10.1 Å². The van der Waals surface area contributed by atoms with Crippen LogP contribution in [0.4, 0.5) is 13.2 Å². The van der Waals surface area contributed by atoms with E-state index in [1.54, 1.807) is 7.11 Å². The van der Waals surface area contributed by atoms with Gasteiger partial charge in [-0.1, -0.05) is 18.2 Å². The quantitative estimate of drug-likeness (QED) is 0.856. The van der Waals surface area contributed by atoms with Gasteiger partial charge in [0.15, 0.2) is 0 Å². The summed E-state index contributed by atoms with van der Waals surface area (Å²) >= 11 is 0. The van der Waals surface area contributed by atoms with Gasteiger partial charge in [-0.05, 0) is 18.1 Å². The van der Waals surface area contributed by atoms with Crippen LogP contribution in [0.1, 0.15) is 12.0 Å². The van der Waals surface area contributed by atoms with E-state index in [2.05, 4.69) is 5.32 Å². The molecule has 0 unspecified atom stereocenters. The summed E-state index contributed by atoms with van der Waals surface area (Å²) in [7, 11) is 1.55. The molecule has 1 aliphatic rings. The van der Waals surface area contributed by atoms with Crippen LogP contribution in [-0.4, -0.2) is 49.6 Å². The fourth-order valence-corrected chi connectivity index (χ4v) is 2.69. The van der Waals surface area contributed by atoms with Crippen molar-refractivity contribution in [3.8, 4) is 5.75 Å². The molecule has 1 aliphatic heterocycles. The van der Waals surface area contributed by atoms with Crippen molar-refractivity contribution in [2.45, 2.75) is 19.0 Å². The Kier molecular flexibility index (Phi) is 5.69. The number of halogens is 3. The van der Waals surface area contributed by atoms with Crippen molar-refractivity contribution in [2.24, 2.45) is 5.92 Å². The fourth-order valence-electron chi connectivity index (χ4n) is 2.69. The van der Waals surface area contributed by atoms with E-state index in [9.17, 15) is 22.8 Å². The van der Waals surface area contributed by atoms with Gasteiger partial charge in [-0.25, -0.2) is 0 Å². The third-order valence-electron chi connectivity index (χ3n) is 3.84. The first-order chi connectivity index (χ1) is 11.3. The van der Waals surface area contributed by atoms with E-state index >= 15 is 0 Å². The maximum absolute atomic E-state index is 12.4. The molecule has 8 heteroatoms. The summed E-state index contributed by atoms with van der Waals surface area (Å²) in [6.07, 6.45) is -4.11. The summed E-state index contributed by atoms with van der Waals surface area (Å²) in [5.74, 6) is -1.07. The zero-order valence-electron chi connectivity index (χ0n) is 13.2. The smallest absolute Gasteiger partial charge is 0.406 e. The molecule has 24 heavy (non-hydrogen) atoms. The number of hydrogen-bond acceptors (Lipinski definition) is 3. The van der Waals surface area contributed by atoms with Gasteiger partial charge in [0.25, 0.3) is 0 Å². The Morgan fingerprint density at radius 1 is 1.38 bits per heavy atom. The minimum absolute atomic E-state index is 0.184. The SMILES string of the molecule is COc1ccccc1CCNC(=O)[C@@H]1CC(=O)N(CC(F)(F)F)C1. The average Bonchev–Trinajstić information content (AvgIpc) is 2.87. The number of rotatable bonds is 6. The number of likely N-dealkylation sites (tertiary alicyclic amines) is 1. The second-order valence-corrected chi connectivity index (χ2v) is 5.64. The normalized spacial score (nSPS) is 17.9. The van der Waals surface area contributed by atoms with Crippen LogP contribution in [0.25, 0.3) is 0 Å². The molecule has 0 aromatic heterocycles. The molecule has 0 saturated carbocycles. The van der Waals surface area contributed by atoms with Crippen LogP contribution in [0.2, 0.25) is 0 Å². The van der Waals surface area contributed by atoms with Crippen molar-refractivity contribution in [1.82, 2.24) is 10.2 Å². The lowest BCUT2D eigenvalue weighted by atomic mass is 10.1. The number of nitrogens with zero attached hydrogens (tertiary/aromatic N) is 1. The van der Waals surface area contributed by atoms with Gasteiger partial charge in [0.05, 0.1) is 13.0 Å². The Morgan fingerprint density at radius 3 is 2.75 bits per heavy atom. The third kappa shape index (κ3) is 4.87. The van der Waals surface area contributed by atoms with Crippen molar-refractivity contribution in [3.63, 3.8) is 0 Å². The molecule has 132 valence electrons. The maximum Gasteiger partial charge on any atom is 0.406 e. The van der Waals surface area contributed by atoms with Crippen LogP contribution in [-0.2, 0) is 16.0 Å². The van der Waals surface area contributed by atoms with E-state index in [4.69, 9.17) is 4.74 Å². The first-order valence-corrected chi connectivity index (χ1v) is 7.54. The van der Waals surface area contributed by atoms with Gasteiger partial charge in [-0.3, -0.25) is 9.59 Å². The zero-order valence-corrected chi connectivity index (χ0v) is 13.2. The molecular formula is C16H19F3N2O3. The van der Waals surface area contributed by atoms with Gasteiger partial charge in [0.1, 0.15) is 12.3 Å². The number of para-hydroxylation sites is 1. The highest BCUT2D eigenvalue weighted by molar-refractivity contribution is 5.89. The Balaban J connectivity index is 1.82. The second-order valence-electron chi connectivity index (χ2n) is 5.64. The lowest BCUT2D eigenvalue weighted by Crippen LogP contribution is -2.37. The Morgan fingerprint density at radius 2 is 2.08 bits per heavy atom. The predicted octanol–water partition coefficient (Wildman–Crippen LogP) is 1.76. The van der Waals surface area contributed by atoms with E-state index in [1.807, 2.05) is 24.3 Å². The number of carbonyl (C=O) groups excluding carboxylic acids is 2. The van der Waals surface area contributed by atoms with Crippen molar-refractivity contribution in [2.75, 3.05) is 26.7 Å². The van der Waals surface area contributed by atoms with Crippen molar-refractivity contribution >= 4 is 11.8 Å². The second kappa shape index (κ2) is 7.55. The number of hydrogen-bond donors (Lipinski definition) is 1. The first kappa shape index (κ1) is 18.1. The number of methoxy groups -OCH3 is 1. The Hall–Kier alpha value is -2.25.